The van der Waals surface area contributed by atoms with Crippen LogP contribution in [0, 0.1) is 0 Å². The number of amides is 1. The van der Waals surface area contributed by atoms with Gasteiger partial charge in [0.05, 0.1) is 22.0 Å². The summed E-state index contributed by atoms with van der Waals surface area (Å²) >= 11 is 7.40. The van der Waals surface area contributed by atoms with E-state index < -0.39 is 28.3 Å². The summed E-state index contributed by atoms with van der Waals surface area (Å²) in [5.41, 5.74) is 2.22. The molecular weight excluding hydrogens is 636 g/mol. The van der Waals surface area contributed by atoms with Gasteiger partial charge in [0.15, 0.2) is 16.4 Å². The number of halogens is 1. The van der Waals surface area contributed by atoms with Crippen LogP contribution in [0.1, 0.15) is 66.8 Å². The van der Waals surface area contributed by atoms with Crippen molar-refractivity contribution in [3.05, 3.63) is 99.0 Å². The Morgan fingerprint density at radius 2 is 1.80 bits per heavy atom. The fraction of sp³-hybridized carbons (Fsp3) is 0.303. The van der Waals surface area contributed by atoms with Crippen molar-refractivity contribution in [3.8, 4) is 11.5 Å². The first-order valence-corrected chi connectivity index (χ1v) is 17.1. The molecule has 1 unspecified atom stereocenters. The molecular formula is C33H35ClN2O7S2. The number of sulfone groups is 1. The van der Waals surface area contributed by atoms with Crippen LogP contribution >= 0.6 is 22.9 Å². The fourth-order valence-electron chi connectivity index (χ4n) is 4.30. The lowest BCUT2D eigenvalue weighted by atomic mass is 9.93. The normalized spacial score (nSPS) is 12.4. The maximum atomic E-state index is 13.3. The average molecular weight is 671 g/mol. The van der Waals surface area contributed by atoms with Crippen LogP contribution in [0.2, 0.25) is 5.02 Å². The fourth-order valence-corrected chi connectivity index (χ4v) is 6.77. The van der Waals surface area contributed by atoms with Gasteiger partial charge in [-0.05, 0) is 79.9 Å². The maximum absolute atomic E-state index is 13.3. The Kier molecular flexibility index (Phi) is 10.9. The molecule has 1 heterocycles. The van der Waals surface area contributed by atoms with E-state index in [1.54, 1.807) is 42.5 Å². The Hall–Kier alpha value is -3.93. The monoisotopic (exact) mass is 670 g/mol. The summed E-state index contributed by atoms with van der Waals surface area (Å²) in [4.78, 5) is 29.4. The van der Waals surface area contributed by atoms with Crippen LogP contribution in [0.15, 0.2) is 77.0 Å². The molecule has 1 amide bonds. The van der Waals surface area contributed by atoms with Gasteiger partial charge in [0.25, 0.3) is 5.91 Å². The van der Waals surface area contributed by atoms with Crippen LogP contribution in [0.3, 0.4) is 0 Å². The highest BCUT2D eigenvalue weighted by Gasteiger charge is 2.21. The van der Waals surface area contributed by atoms with E-state index in [1.165, 1.54) is 35.6 Å². The van der Waals surface area contributed by atoms with Gasteiger partial charge in [-0.1, -0.05) is 44.5 Å². The van der Waals surface area contributed by atoms with Gasteiger partial charge >= 0.3 is 5.97 Å². The molecule has 2 N–H and O–H groups in total. The summed E-state index contributed by atoms with van der Waals surface area (Å²) in [5, 5.41) is 15.2. The van der Waals surface area contributed by atoms with Crippen LogP contribution in [-0.4, -0.2) is 42.7 Å². The van der Waals surface area contributed by atoms with E-state index in [-0.39, 0.29) is 33.6 Å². The minimum atomic E-state index is -3.51. The second-order valence-electron chi connectivity index (χ2n) is 11.5. The lowest BCUT2D eigenvalue weighted by Gasteiger charge is -2.16. The minimum Gasteiger partial charge on any atom is -0.484 e. The van der Waals surface area contributed by atoms with Gasteiger partial charge in [-0.15, -0.1) is 11.3 Å². The summed E-state index contributed by atoms with van der Waals surface area (Å²) in [5.74, 6) is -1.06. The summed E-state index contributed by atoms with van der Waals surface area (Å²) in [7, 11) is -3.51. The van der Waals surface area contributed by atoms with Gasteiger partial charge in [-0.2, -0.15) is 0 Å². The molecule has 0 spiro atoms. The number of carboxylic acids is 1. The van der Waals surface area contributed by atoms with Gasteiger partial charge in [0, 0.05) is 21.4 Å². The first-order valence-electron chi connectivity index (χ1n) is 14.2. The number of hydrogen-bond donors (Lipinski definition) is 2. The lowest BCUT2D eigenvalue weighted by molar-refractivity contribution is -0.139. The van der Waals surface area contributed by atoms with Gasteiger partial charge in [0.2, 0.25) is 0 Å². The average Bonchev–Trinajstić information content (AvgIpc) is 3.49. The number of rotatable bonds is 13. The van der Waals surface area contributed by atoms with Crippen molar-refractivity contribution < 1.29 is 32.6 Å². The highest BCUT2D eigenvalue weighted by atomic mass is 35.5. The Balaban J connectivity index is 1.46. The van der Waals surface area contributed by atoms with Gasteiger partial charge in [0.1, 0.15) is 22.6 Å². The number of anilines is 1. The van der Waals surface area contributed by atoms with E-state index in [4.69, 9.17) is 31.2 Å². The third kappa shape index (κ3) is 9.53. The van der Waals surface area contributed by atoms with E-state index >= 15 is 0 Å². The van der Waals surface area contributed by atoms with E-state index in [0.717, 1.165) is 16.3 Å². The molecule has 0 saturated carbocycles. The predicted octanol–water partition coefficient (Wildman–Crippen LogP) is 7.36. The molecule has 0 aliphatic heterocycles. The van der Waals surface area contributed by atoms with Crippen molar-refractivity contribution in [2.75, 3.05) is 17.7 Å². The number of benzene rings is 3. The predicted molar refractivity (Wildman–Crippen MR) is 176 cm³/mol. The number of nitrogens with one attached hydrogen (secondary N) is 1. The quantitative estimate of drug-likeness (QED) is 0.151. The first-order chi connectivity index (χ1) is 21.2. The molecule has 1 atom stereocenters. The topological polar surface area (TPSA) is 132 Å². The number of carbonyl (C=O) groups is 2. The molecule has 4 rings (SSSR count). The number of carboxylic acid groups (broad SMARTS) is 1. The van der Waals surface area contributed by atoms with Crippen molar-refractivity contribution in [2.45, 2.75) is 57.0 Å². The van der Waals surface area contributed by atoms with Crippen molar-refractivity contribution in [1.29, 1.82) is 0 Å². The molecule has 0 aliphatic rings. The van der Waals surface area contributed by atoms with Crippen molar-refractivity contribution in [3.63, 3.8) is 0 Å². The van der Waals surface area contributed by atoms with E-state index in [9.17, 15) is 18.0 Å². The summed E-state index contributed by atoms with van der Waals surface area (Å²) in [6.45, 7) is 7.59. The number of thiazole rings is 1. The second-order valence-corrected chi connectivity index (χ2v) is 14.9. The smallest absolute Gasteiger partial charge is 0.341 e. The molecule has 9 nitrogen and oxygen atoms in total. The molecule has 0 fully saturated rings. The molecule has 0 bridgehead atoms. The Bertz CT molecular complexity index is 1760. The molecule has 0 saturated heterocycles. The van der Waals surface area contributed by atoms with Crippen LogP contribution < -0.4 is 14.8 Å². The Morgan fingerprint density at radius 1 is 1.07 bits per heavy atom. The largest absolute Gasteiger partial charge is 0.484 e. The number of ether oxygens (including phenoxy) is 2. The number of carbonyl (C=O) groups excluding carboxylic acids is 1. The zero-order chi connectivity index (χ0) is 32.8. The number of hydrogen-bond acceptors (Lipinski definition) is 8. The van der Waals surface area contributed by atoms with Crippen LogP contribution in [0.4, 0.5) is 5.69 Å². The minimum absolute atomic E-state index is 0.0775. The van der Waals surface area contributed by atoms with Crippen LogP contribution in [-0.2, 0) is 26.5 Å². The zero-order valence-electron chi connectivity index (χ0n) is 25.4. The van der Waals surface area contributed by atoms with E-state index in [1.807, 2.05) is 12.3 Å². The summed E-state index contributed by atoms with van der Waals surface area (Å²) in [6.07, 6.45) is 0.381. The third-order valence-electron chi connectivity index (χ3n) is 6.74. The highest BCUT2D eigenvalue weighted by Crippen LogP contribution is 2.31. The number of aryl methyl sites for hydroxylation is 1. The molecule has 12 heteroatoms. The lowest BCUT2D eigenvalue weighted by Crippen LogP contribution is -2.15. The number of aromatic nitrogens is 1. The molecule has 3 aromatic carbocycles. The van der Waals surface area contributed by atoms with Crippen molar-refractivity contribution >= 4 is 50.3 Å². The molecule has 4 aromatic rings. The van der Waals surface area contributed by atoms with Crippen LogP contribution in [0.5, 0.6) is 11.5 Å². The third-order valence-corrected chi connectivity index (χ3v) is 9.82. The number of aliphatic carboxylic acids is 1. The van der Waals surface area contributed by atoms with Crippen LogP contribution in [0.25, 0.3) is 0 Å². The van der Waals surface area contributed by atoms with Gasteiger partial charge < -0.3 is 19.9 Å². The first kappa shape index (κ1) is 34.0. The second kappa shape index (κ2) is 14.4. The molecule has 45 heavy (non-hydrogen) atoms. The van der Waals surface area contributed by atoms with Gasteiger partial charge in [-0.3, -0.25) is 4.79 Å². The van der Waals surface area contributed by atoms with E-state index in [2.05, 4.69) is 26.1 Å². The summed E-state index contributed by atoms with van der Waals surface area (Å²) < 4.78 is 37.0. The summed E-state index contributed by atoms with van der Waals surface area (Å²) in [6, 6.07) is 17.7. The van der Waals surface area contributed by atoms with E-state index in [0.29, 0.717) is 29.2 Å². The zero-order valence-corrected chi connectivity index (χ0v) is 27.8. The molecule has 1 aromatic heterocycles. The van der Waals surface area contributed by atoms with Crippen molar-refractivity contribution in [1.82, 2.24) is 4.98 Å². The Labute approximate surface area is 272 Å². The van der Waals surface area contributed by atoms with Crippen molar-refractivity contribution in [2.24, 2.45) is 0 Å². The van der Waals surface area contributed by atoms with Gasteiger partial charge in [-0.25, -0.2) is 18.2 Å². The maximum Gasteiger partial charge on any atom is 0.341 e. The molecule has 238 valence electrons. The number of nitrogens with zero attached hydrogens (tertiary/aromatic N) is 1. The highest BCUT2D eigenvalue weighted by molar-refractivity contribution is 7.91. The molecule has 0 aliphatic carbocycles. The standard InChI is InChI=1S/C33H35ClN2O7S2/c1-21(32-36-29(20-44-32)33(2,3)4)43-25-9-5-8-23(18-25)31(39)35-27-17-22(10-15-28(27)42-19-30(37)38)7-6-16-45(40,41)26-13-11-24(34)12-14-26/h5,8-15,17-18,20-21H,6-7,16,19H2,1-4H3,(H,35,39)(H,37,38). The molecule has 0 radical (unpaired) electrons. The Morgan fingerprint density at radius 3 is 2.47 bits per heavy atom. The SMILES string of the molecule is CC(Oc1cccc(C(=O)Nc2cc(CCCS(=O)(=O)c3ccc(Cl)cc3)ccc2OCC(=O)O)c1)c1nc(C(C)(C)C)cs1.